The summed E-state index contributed by atoms with van der Waals surface area (Å²) >= 11 is 0. The summed E-state index contributed by atoms with van der Waals surface area (Å²) in [6.45, 7) is 6.14. The van der Waals surface area contributed by atoms with Gasteiger partial charge < -0.3 is 62.2 Å². The highest BCUT2D eigenvalue weighted by atomic mass is 16.8. The molecule has 1 N–H and O–H groups in total. The third-order valence-corrected chi connectivity index (χ3v) is 20.6. The normalized spacial score (nSPS) is 20.9. The van der Waals surface area contributed by atoms with Gasteiger partial charge in [0.15, 0.2) is 36.7 Å². The van der Waals surface area contributed by atoms with E-state index in [2.05, 4.69) is 19.2 Å². The highest BCUT2D eigenvalue weighted by Crippen LogP contribution is 2.42. The van der Waals surface area contributed by atoms with Crippen LogP contribution in [0.4, 0.5) is 0 Å². The first kappa shape index (κ1) is 88.1. The number of esters is 6. The van der Waals surface area contributed by atoms with Gasteiger partial charge in [0.05, 0.1) is 46.0 Å². The molecule has 0 unspecified atom stereocenters. The van der Waals surface area contributed by atoms with Gasteiger partial charge in [-0.2, -0.15) is 0 Å². The molecule has 9 rings (SSSR count). The molecule has 1 amide bonds. The van der Waals surface area contributed by atoms with E-state index in [1.54, 1.807) is 178 Å². The predicted octanol–water partition coefficient (Wildman–Crippen LogP) is 19.0. The molecule has 610 valence electrons. The first-order valence-electron chi connectivity index (χ1n) is 41.6. The average molecular weight is 1550 g/mol. The molecule has 3 saturated heterocycles. The molecule has 6 aromatic rings. The zero-order valence-electron chi connectivity index (χ0n) is 66.6. The van der Waals surface area contributed by atoms with E-state index in [1.807, 2.05) is 6.08 Å². The molecular weight excluding hydrogens is 1440 g/mol. The molecule has 20 nitrogen and oxygen atoms in total. The standard InChI is InChI=1S/C93H119NO19/c1-5-7-9-11-13-15-17-19-20-22-24-26-28-30-50-64-78(95)94-74(75(105-87(98)70-55-41-33-42-56-70)63-49-29-27-25-23-21-18-16-14-12-10-8-6-2)65-104-91-83(109-89(100)72-59-45-35-46-60-72)81(108-88(99)71-57-43-34-44-58-71)79(76(106-91)66-102-85(96)68-51-37-31-38-52-68)111-92-84(110-90(101)73-61-47-36-48-62-73)82-80(112-93(3,4)113-82)77(107-92)67-103-86(97)69-53-39-32-40-54-69/h31-49,51-63,74-77,79-84,91-92H,5-30,50,64-67H2,1-4H3,(H,94,95)/b63-49+/t74-,75+,76+,77+,79+,80-,81-,82-,83+,84+,91+,92-/m0/s1. The van der Waals surface area contributed by atoms with Gasteiger partial charge in [0.25, 0.3) is 0 Å². The third kappa shape index (κ3) is 29.8. The number of carbonyl (C=O) groups excluding carboxylic acids is 7. The number of allylic oxidation sites excluding steroid dienone is 1. The van der Waals surface area contributed by atoms with Crippen LogP contribution in [-0.2, 0) is 61.6 Å². The lowest BCUT2D eigenvalue weighted by molar-refractivity contribution is -0.351. The Hall–Kier alpha value is -8.89. The summed E-state index contributed by atoms with van der Waals surface area (Å²) in [4.78, 5) is 102. The Morgan fingerprint density at radius 1 is 0.389 bits per heavy atom. The first-order valence-corrected chi connectivity index (χ1v) is 41.6. The maximum Gasteiger partial charge on any atom is 0.338 e. The number of unbranched alkanes of at least 4 members (excludes halogenated alkanes) is 25. The number of hydrogen-bond acceptors (Lipinski definition) is 19. The van der Waals surface area contributed by atoms with E-state index < -0.39 is 135 Å². The van der Waals surface area contributed by atoms with Crippen molar-refractivity contribution in [3.63, 3.8) is 0 Å². The van der Waals surface area contributed by atoms with Crippen LogP contribution in [0.25, 0.3) is 0 Å². The molecule has 0 aromatic heterocycles. The topological polar surface area (TPSA) is 242 Å². The lowest BCUT2D eigenvalue weighted by Gasteiger charge is -2.48. The van der Waals surface area contributed by atoms with Crippen LogP contribution in [0.15, 0.2) is 194 Å². The molecule has 0 radical (unpaired) electrons. The van der Waals surface area contributed by atoms with Crippen LogP contribution >= 0.6 is 0 Å². The number of ether oxygens (including phenoxy) is 12. The molecule has 3 aliphatic heterocycles. The third-order valence-electron chi connectivity index (χ3n) is 20.6. The van der Waals surface area contributed by atoms with Gasteiger partial charge in [-0.3, -0.25) is 4.79 Å². The Labute approximate surface area is 668 Å². The molecular formula is C93H119NO19. The second-order valence-corrected chi connectivity index (χ2v) is 30.1. The molecule has 3 aliphatic rings. The van der Waals surface area contributed by atoms with Crippen LogP contribution in [0.2, 0.25) is 0 Å². The minimum absolute atomic E-state index is 0.0562. The Morgan fingerprint density at radius 3 is 1.18 bits per heavy atom. The maximum atomic E-state index is 15.2. The van der Waals surface area contributed by atoms with Gasteiger partial charge in [-0.1, -0.05) is 283 Å². The lowest BCUT2D eigenvalue weighted by atomic mass is 9.96. The molecule has 0 aliphatic carbocycles. The highest BCUT2D eigenvalue weighted by molar-refractivity contribution is 5.92. The van der Waals surface area contributed by atoms with Gasteiger partial charge >= 0.3 is 35.8 Å². The summed E-state index contributed by atoms with van der Waals surface area (Å²) in [6, 6.07) is 48.1. The number of nitrogens with one attached hydrogen (secondary N) is 1. The van der Waals surface area contributed by atoms with E-state index >= 15 is 9.59 Å². The largest absolute Gasteiger partial charge is 0.459 e. The van der Waals surface area contributed by atoms with Crippen molar-refractivity contribution in [2.24, 2.45) is 0 Å². The highest BCUT2D eigenvalue weighted by Gasteiger charge is 2.61. The maximum absolute atomic E-state index is 15.2. The second kappa shape index (κ2) is 49.0. The minimum atomic E-state index is -1.86. The molecule has 113 heavy (non-hydrogen) atoms. The number of hydrogen-bond donors (Lipinski definition) is 1. The van der Waals surface area contributed by atoms with Gasteiger partial charge in [-0.15, -0.1) is 0 Å². The van der Waals surface area contributed by atoms with E-state index in [4.69, 9.17) is 56.8 Å². The van der Waals surface area contributed by atoms with E-state index in [9.17, 15) is 24.0 Å². The van der Waals surface area contributed by atoms with Crippen LogP contribution < -0.4 is 5.32 Å². The van der Waals surface area contributed by atoms with Crippen LogP contribution in [-0.4, -0.2) is 141 Å². The van der Waals surface area contributed by atoms with Crippen molar-refractivity contribution in [1.82, 2.24) is 5.32 Å². The van der Waals surface area contributed by atoms with Crippen LogP contribution in [0.5, 0.6) is 0 Å². The molecule has 0 saturated carbocycles. The molecule has 3 heterocycles. The molecule has 0 spiro atoms. The van der Waals surface area contributed by atoms with E-state index in [0.29, 0.717) is 12.8 Å². The summed E-state index contributed by atoms with van der Waals surface area (Å²) < 4.78 is 79.6. The van der Waals surface area contributed by atoms with Crippen LogP contribution in [0.1, 0.15) is 270 Å². The van der Waals surface area contributed by atoms with E-state index in [0.717, 1.165) is 51.4 Å². The molecule has 12 atom stereocenters. The molecule has 3 fully saturated rings. The average Bonchev–Trinajstić information content (AvgIpc) is 1.31. The fourth-order valence-corrected chi connectivity index (χ4v) is 14.4. The number of benzene rings is 6. The van der Waals surface area contributed by atoms with Crippen molar-refractivity contribution in [2.75, 3.05) is 19.8 Å². The second-order valence-electron chi connectivity index (χ2n) is 30.1. The van der Waals surface area contributed by atoms with Crippen molar-refractivity contribution in [2.45, 2.75) is 287 Å². The zero-order valence-corrected chi connectivity index (χ0v) is 66.6. The van der Waals surface area contributed by atoms with E-state index in [-0.39, 0.29) is 45.7 Å². The minimum Gasteiger partial charge on any atom is -0.459 e. The van der Waals surface area contributed by atoms with E-state index in [1.165, 1.54) is 133 Å². The summed E-state index contributed by atoms with van der Waals surface area (Å²) in [7, 11) is 0. The fraction of sp³-hybridized carbons (Fsp3) is 0.516. The van der Waals surface area contributed by atoms with Crippen LogP contribution in [0.3, 0.4) is 0 Å². The van der Waals surface area contributed by atoms with Crippen molar-refractivity contribution < 1.29 is 90.4 Å². The SMILES string of the molecule is CCCCCCCCCCCCC/C=C/[C@@H](OC(=O)c1ccccc1)[C@H](CO[C@@H]1O[C@H](COC(=O)c2ccccc2)[C@@H](O[C@@H]2O[C@H](COC(=O)c3ccccc3)[C@@H]3OC(C)(C)O[C@@H]3[C@H]2OC(=O)c2ccccc2)[C@H](OC(=O)c2ccccc2)[C@H]1OC(=O)c1ccccc1)NC(=O)CCCCCCCCCCCCCCCCC. The summed E-state index contributed by atoms with van der Waals surface area (Å²) in [5.41, 5.74) is 0.934. The number of amides is 1. The van der Waals surface area contributed by atoms with Crippen molar-refractivity contribution in [3.8, 4) is 0 Å². The monoisotopic (exact) mass is 1550 g/mol. The van der Waals surface area contributed by atoms with Gasteiger partial charge in [-0.05, 0) is 112 Å². The Bertz CT molecular complexity index is 3770. The van der Waals surface area contributed by atoms with Gasteiger partial charge in [0.2, 0.25) is 5.91 Å². The summed E-state index contributed by atoms with van der Waals surface area (Å²) in [6.07, 6.45) is 17.5. The van der Waals surface area contributed by atoms with Crippen LogP contribution in [0, 0.1) is 0 Å². The fourth-order valence-electron chi connectivity index (χ4n) is 14.4. The van der Waals surface area contributed by atoms with Crippen molar-refractivity contribution in [3.05, 3.63) is 228 Å². The number of carbonyl (C=O) groups is 7. The zero-order chi connectivity index (χ0) is 79.7. The van der Waals surface area contributed by atoms with Gasteiger partial charge in [0, 0.05) is 6.42 Å². The number of fused-ring (bicyclic) bond motifs is 1. The first-order chi connectivity index (χ1) is 55.2. The summed E-state index contributed by atoms with van der Waals surface area (Å²) in [5.74, 6) is -6.58. The Morgan fingerprint density at radius 2 is 0.743 bits per heavy atom. The quantitative estimate of drug-likeness (QED) is 0.0161. The Kier molecular flexibility index (Phi) is 38.2. The smallest absolute Gasteiger partial charge is 0.338 e. The molecule has 20 heteroatoms. The van der Waals surface area contributed by atoms with Crippen molar-refractivity contribution >= 4 is 41.7 Å². The van der Waals surface area contributed by atoms with Gasteiger partial charge in [0.1, 0.15) is 49.8 Å². The van der Waals surface area contributed by atoms with Gasteiger partial charge in [-0.25, -0.2) is 28.8 Å². The lowest BCUT2D eigenvalue weighted by Crippen LogP contribution is -2.66. The summed E-state index contributed by atoms with van der Waals surface area (Å²) in [5, 5.41) is 3.18. The van der Waals surface area contributed by atoms with Crippen molar-refractivity contribution in [1.29, 1.82) is 0 Å². The Balaban J connectivity index is 1.08. The molecule has 6 aromatic carbocycles. The predicted molar refractivity (Wildman–Crippen MR) is 430 cm³/mol. The number of rotatable bonds is 50. The molecule has 0 bridgehead atoms.